The Hall–Kier alpha value is -3.43. The van der Waals surface area contributed by atoms with Gasteiger partial charge in [0.15, 0.2) is 10.1 Å². The molecule has 1 aliphatic heterocycles. The highest BCUT2D eigenvalue weighted by molar-refractivity contribution is 8.01. The van der Waals surface area contributed by atoms with Crippen LogP contribution in [0.3, 0.4) is 0 Å². The Bertz CT molecular complexity index is 1580. The van der Waals surface area contributed by atoms with E-state index in [9.17, 15) is 19.2 Å². The first kappa shape index (κ1) is 27.1. The largest absolute Gasteiger partial charge is 0.384 e. The van der Waals surface area contributed by atoms with Crippen LogP contribution in [0.25, 0.3) is 0 Å². The average molecular weight is 602 g/mol. The Morgan fingerprint density at radius 1 is 1.21 bits per heavy atom. The van der Waals surface area contributed by atoms with Gasteiger partial charge in [-0.3, -0.25) is 14.5 Å². The molecule has 198 valence electrons. The standard InChI is InChI=1S/C26H19Cl2FN6O2S2/c27-15-6-3-7-16(28)23(15)32-20(37)12-38-26-34-33-25(39-26)35-18-9-4-10-19(36)22(18)21(14(11-30)24(35)31)13-5-1-2-8-17(13)29/h1-3,5-8,21H,4,9-10,12,31H2,(H,32,37). The highest BCUT2D eigenvalue weighted by atomic mass is 35.5. The molecule has 3 N–H and O–H groups in total. The Kier molecular flexibility index (Phi) is 7.91. The van der Waals surface area contributed by atoms with E-state index in [1.165, 1.54) is 6.07 Å². The molecule has 0 fully saturated rings. The molecule has 0 radical (unpaired) electrons. The first-order chi connectivity index (χ1) is 18.8. The van der Waals surface area contributed by atoms with Crippen molar-refractivity contribution in [2.45, 2.75) is 29.5 Å². The zero-order chi connectivity index (χ0) is 27.7. The number of carbonyl (C=O) groups is 2. The van der Waals surface area contributed by atoms with Crippen molar-refractivity contribution >= 4 is 68.8 Å². The maximum absolute atomic E-state index is 14.9. The van der Waals surface area contributed by atoms with E-state index < -0.39 is 11.7 Å². The fourth-order valence-electron chi connectivity index (χ4n) is 4.60. The molecule has 2 heterocycles. The lowest BCUT2D eigenvalue weighted by Crippen LogP contribution is -2.38. The number of nitrogens with one attached hydrogen (secondary N) is 1. The molecule has 1 atom stereocenters. The number of anilines is 2. The van der Waals surface area contributed by atoms with Gasteiger partial charge in [0.25, 0.3) is 0 Å². The maximum atomic E-state index is 14.9. The minimum atomic E-state index is -0.905. The van der Waals surface area contributed by atoms with Crippen LogP contribution in [-0.4, -0.2) is 27.6 Å². The summed E-state index contributed by atoms with van der Waals surface area (Å²) in [4.78, 5) is 27.2. The molecule has 0 bridgehead atoms. The van der Waals surface area contributed by atoms with E-state index in [0.717, 1.165) is 23.1 Å². The lowest BCUT2D eigenvalue weighted by Gasteiger charge is -2.38. The molecule has 5 rings (SSSR count). The first-order valence-electron chi connectivity index (χ1n) is 11.7. The lowest BCUT2D eigenvalue weighted by atomic mass is 9.75. The Labute approximate surface area is 241 Å². The van der Waals surface area contributed by atoms with E-state index in [-0.39, 0.29) is 40.8 Å². The molecule has 2 aromatic carbocycles. The summed E-state index contributed by atoms with van der Waals surface area (Å²) in [6.07, 6.45) is 1.37. The predicted molar refractivity (Wildman–Crippen MR) is 150 cm³/mol. The van der Waals surface area contributed by atoms with Crippen molar-refractivity contribution in [3.63, 3.8) is 0 Å². The third-order valence-electron chi connectivity index (χ3n) is 6.27. The zero-order valence-corrected chi connectivity index (χ0v) is 23.2. The molecule has 0 saturated heterocycles. The highest BCUT2D eigenvalue weighted by Gasteiger charge is 2.42. The first-order valence-corrected chi connectivity index (χ1v) is 14.3. The van der Waals surface area contributed by atoms with Gasteiger partial charge in [-0.2, -0.15) is 5.26 Å². The van der Waals surface area contributed by atoms with Gasteiger partial charge in [0.1, 0.15) is 11.6 Å². The third-order valence-corrected chi connectivity index (χ3v) is 8.94. The summed E-state index contributed by atoms with van der Waals surface area (Å²) in [7, 11) is 0. The molecule has 8 nitrogen and oxygen atoms in total. The zero-order valence-electron chi connectivity index (χ0n) is 20.1. The maximum Gasteiger partial charge on any atom is 0.234 e. The molecule has 1 unspecified atom stereocenters. The number of aromatic nitrogens is 2. The van der Waals surface area contributed by atoms with Gasteiger partial charge in [0, 0.05) is 23.3 Å². The molecule has 0 spiro atoms. The number of hydrogen-bond acceptors (Lipinski definition) is 9. The second kappa shape index (κ2) is 11.4. The summed E-state index contributed by atoms with van der Waals surface area (Å²) in [5, 5.41) is 22.1. The van der Waals surface area contributed by atoms with E-state index in [2.05, 4.69) is 21.6 Å². The summed E-state index contributed by atoms with van der Waals surface area (Å²) in [6, 6.07) is 13.1. The van der Waals surface area contributed by atoms with Crippen molar-refractivity contribution in [2.24, 2.45) is 5.73 Å². The number of halogens is 3. The molecular weight excluding hydrogens is 582 g/mol. The number of hydrogen-bond donors (Lipinski definition) is 2. The van der Waals surface area contributed by atoms with Crippen molar-refractivity contribution in [3.05, 3.63) is 86.6 Å². The van der Waals surface area contributed by atoms with Gasteiger partial charge in [-0.05, 0) is 31.0 Å². The minimum absolute atomic E-state index is 0.00669. The summed E-state index contributed by atoms with van der Waals surface area (Å²) >= 11 is 14.5. The van der Waals surface area contributed by atoms with Crippen molar-refractivity contribution in [1.29, 1.82) is 5.26 Å². The molecule has 1 aliphatic carbocycles. The SMILES string of the molecule is N#CC1=C(N)N(c2nnc(SCC(=O)Nc3c(Cl)cccc3Cl)s2)C2=C(C(=O)CCC2)C1c1ccccc1F. The van der Waals surface area contributed by atoms with E-state index in [4.69, 9.17) is 28.9 Å². The number of ketones is 1. The quantitative estimate of drug-likeness (QED) is 0.329. The van der Waals surface area contributed by atoms with Gasteiger partial charge < -0.3 is 11.1 Å². The number of rotatable bonds is 6. The fraction of sp³-hybridized carbons (Fsp3) is 0.192. The number of nitriles is 1. The molecule has 0 saturated carbocycles. The summed E-state index contributed by atoms with van der Waals surface area (Å²) in [5.41, 5.74) is 8.03. The van der Waals surface area contributed by atoms with Crippen LogP contribution in [0.15, 0.2) is 69.5 Å². The Morgan fingerprint density at radius 2 is 1.95 bits per heavy atom. The average Bonchev–Trinajstić information content (AvgIpc) is 3.38. The van der Waals surface area contributed by atoms with Crippen molar-refractivity contribution in [2.75, 3.05) is 16.0 Å². The molecule has 1 amide bonds. The fourth-order valence-corrected chi connectivity index (χ4v) is 6.77. The van der Waals surface area contributed by atoms with Gasteiger partial charge in [0.05, 0.1) is 39.0 Å². The van der Waals surface area contributed by atoms with Crippen LogP contribution in [0, 0.1) is 17.1 Å². The Morgan fingerprint density at radius 3 is 2.67 bits per heavy atom. The molecule has 13 heteroatoms. The van der Waals surface area contributed by atoms with E-state index >= 15 is 0 Å². The van der Waals surface area contributed by atoms with Crippen LogP contribution < -0.4 is 16.0 Å². The van der Waals surface area contributed by atoms with Gasteiger partial charge in [0.2, 0.25) is 11.0 Å². The van der Waals surface area contributed by atoms with E-state index in [0.29, 0.717) is 49.3 Å². The second-order valence-corrected chi connectivity index (χ2v) is 11.6. The van der Waals surface area contributed by atoms with Crippen molar-refractivity contribution in [3.8, 4) is 6.07 Å². The number of nitrogens with zero attached hydrogens (tertiary/aromatic N) is 4. The molecule has 39 heavy (non-hydrogen) atoms. The number of para-hydroxylation sites is 1. The van der Waals surface area contributed by atoms with Crippen LogP contribution in [-0.2, 0) is 9.59 Å². The van der Waals surface area contributed by atoms with Gasteiger partial charge >= 0.3 is 0 Å². The number of carbonyl (C=O) groups excluding carboxylic acids is 2. The number of benzene rings is 2. The monoisotopic (exact) mass is 600 g/mol. The summed E-state index contributed by atoms with van der Waals surface area (Å²) < 4.78 is 15.3. The summed E-state index contributed by atoms with van der Waals surface area (Å²) in [6.45, 7) is 0. The number of thioether (sulfide) groups is 1. The van der Waals surface area contributed by atoms with Crippen LogP contribution in [0.5, 0.6) is 0 Å². The van der Waals surface area contributed by atoms with Crippen molar-refractivity contribution < 1.29 is 14.0 Å². The predicted octanol–water partition coefficient (Wildman–Crippen LogP) is 6.02. The topological polar surface area (TPSA) is 125 Å². The minimum Gasteiger partial charge on any atom is -0.384 e. The molecule has 2 aliphatic rings. The van der Waals surface area contributed by atoms with Gasteiger partial charge in [-0.1, -0.05) is 70.6 Å². The number of nitrogens with two attached hydrogens (primary N) is 1. The summed E-state index contributed by atoms with van der Waals surface area (Å²) in [5.74, 6) is -1.86. The smallest absolute Gasteiger partial charge is 0.234 e. The van der Waals surface area contributed by atoms with Crippen LogP contribution in [0.4, 0.5) is 15.2 Å². The highest BCUT2D eigenvalue weighted by Crippen LogP contribution is 2.47. The molecular formula is C26H19Cl2FN6O2S2. The van der Waals surface area contributed by atoms with Gasteiger partial charge in [-0.25, -0.2) is 4.39 Å². The third kappa shape index (κ3) is 5.25. The van der Waals surface area contributed by atoms with Gasteiger partial charge in [-0.15, -0.1) is 10.2 Å². The molecule has 1 aromatic heterocycles. The van der Waals surface area contributed by atoms with Crippen molar-refractivity contribution in [1.82, 2.24) is 10.2 Å². The number of allylic oxidation sites excluding steroid dienone is 3. The lowest BCUT2D eigenvalue weighted by molar-refractivity contribution is -0.116. The number of Topliss-reactive ketones (excluding diaryl/α,β-unsaturated/α-hetero) is 1. The van der Waals surface area contributed by atoms with E-state index in [1.54, 1.807) is 41.3 Å². The van der Waals surface area contributed by atoms with Crippen LogP contribution in [0.2, 0.25) is 10.0 Å². The molecule has 3 aromatic rings. The number of amides is 1. The van der Waals surface area contributed by atoms with Crippen LogP contribution >= 0.6 is 46.3 Å². The van der Waals surface area contributed by atoms with E-state index in [1.807, 2.05) is 0 Å². The normalized spacial score (nSPS) is 17.2. The second-order valence-electron chi connectivity index (χ2n) is 8.62. The van der Waals surface area contributed by atoms with Crippen LogP contribution in [0.1, 0.15) is 30.7 Å². The Balaban J connectivity index is 1.43.